The van der Waals surface area contributed by atoms with Gasteiger partial charge in [0.2, 0.25) is 0 Å². The highest BCUT2D eigenvalue weighted by molar-refractivity contribution is 6.46. The van der Waals surface area contributed by atoms with Crippen LogP contribution in [0.2, 0.25) is 0 Å². The average molecular weight is 509 g/mol. The van der Waals surface area contributed by atoms with Crippen molar-refractivity contribution in [1.82, 2.24) is 9.80 Å². The molecule has 2 aliphatic heterocycles. The molecular weight excluding hydrogens is 472 g/mol. The number of nitrogens with zero attached hydrogens (tertiary/aromatic N) is 2. The molecular formula is C29H36N2O6. The Morgan fingerprint density at radius 3 is 2.32 bits per heavy atom. The molecule has 2 aromatic rings. The number of methoxy groups -OCH3 is 1. The largest absolute Gasteiger partial charge is 0.507 e. The van der Waals surface area contributed by atoms with E-state index in [4.69, 9.17) is 9.47 Å². The van der Waals surface area contributed by atoms with E-state index in [1.165, 1.54) is 19.2 Å². The maximum absolute atomic E-state index is 13.3. The smallest absolute Gasteiger partial charge is 0.295 e. The van der Waals surface area contributed by atoms with Crippen LogP contribution in [0.4, 0.5) is 0 Å². The van der Waals surface area contributed by atoms with Crippen molar-refractivity contribution >= 4 is 17.4 Å². The van der Waals surface area contributed by atoms with Gasteiger partial charge >= 0.3 is 0 Å². The summed E-state index contributed by atoms with van der Waals surface area (Å²) in [7, 11) is 1.47. The molecule has 2 heterocycles. The van der Waals surface area contributed by atoms with Crippen LogP contribution in [0.1, 0.15) is 49.9 Å². The van der Waals surface area contributed by atoms with E-state index in [-0.39, 0.29) is 22.3 Å². The van der Waals surface area contributed by atoms with Gasteiger partial charge in [-0.2, -0.15) is 0 Å². The highest BCUT2D eigenvalue weighted by Gasteiger charge is 2.46. The number of aliphatic hydroxyl groups excluding tert-OH is 1. The van der Waals surface area contributed by atoms with E-state index >= 15 is 0 Å². The van der Waals surface area contributed by atoms with Crippen molar-refractivity contribution in [2.24, 2.45) is 0 Å². The Kier molecular flexibility index (Phi) is 7.90. The predicted octanol–water partition coefficient (Wildman–Crippen LogP) is 3.84. The Morgan fingerprint density at radius 2 is 1.73 bits per heavy atom. The van der Waals surface area contributed by atoms with E-state index in [0.29, 0.717) is 31.9 Å². The third-order valence-electron chi connectivity index (χ3n) is 7.07. The Balaban J connectivity index is 1.72. The van der Waals surface area contributed by atoms with E-state index < -0.39 is 23.5 Å². The number of phenolic OH excluding ortho intramolecular Hbond substituents is 1. The molecule has 2 fully saturated rings. The second kappa shape index (κ2) is 10.9. The summed E-state index contributed by atoms with van der Waals surface area (Å²) in [6.07, 6.45) is 0.678. The summed E-state index contributed by atoms with van der Waals surface area (Å²) in [5.74, 6) is -1.64. The molecule has 0 saturated carbocycles. The normalized spacial score (nSPS) is 20.4. The zero-order valence-corrected chi connectivity index (χ0v) is 22.0. The number of ether oxygens (including phenoxy) is 2. The fourth-order valence-electron chi connectivity index (χ4n) is 4.90. The Hall–Kier alpha value is -3.36. The van der Waals surface area contributed by atoms with E-state index in [9.17, 15) is 19.8 Å². The Labute approximate surface area is 218 Å². The number of amides is 1. The topological polar surface area (TPSA) is 99.5 Å². The molecule has 4 rings (SSSR count). The molecule has 2 N–H and O–H groups in total. The van der Waals surface area contributed by atoms with Crippen molar-refractivity contribution in [3.63, 3.8) is 0 Å². The van der Waals surface area contributed by atoms with Crippen LogP contribution in [0.5, 0.6) is 11.5 Å². The average Bonchev–Trinajstić information content (AvgIpc) is 3.13. The van der Waals surface area contributed by atoms with Crippen LogP contribution < -0.4 is 4.74 Å². The first-order valence-corrected chi connectivity index (χ1v) is 12.7. The van der Waals surface area contributed by atoms with Crippen LogP contribution in [0.3, 0.4) is 0 Å². The third-order valence-corrected chi connectivity index (χ3v) is 7.07. The zero-order valence-electron chi connectivity index (χ0n) is 22.0. The van der Waals surface area contributed by atoms with Gasteiger partial charge < -0.3 is 24.6 Å². The van der Waals surface area contributed by atoms with Gasteiger partial charge in [-0.05, 0) is 35.1 Å². The lowest BCUT2D eigenvalue weighted by Crippen LogP contribution is -2.39. The second-order valence-electron chi connectivity index (χ2n) is 10.6. The number of hydrogen-bond acceptors (Lipinski definition) is 7. The highest BCUT2D eigenvalue weighted by atomic mass is 16.5. The van der Waals surface area contributed by atoms with Gasteiger partial charge in [0.1, 0.15) is 17.3 Å². The molecule has 0 aromatic heterocycles. The molecule has 1 atom stereocenters. The molecule has 1 amide bonds. The van der Waals surface area contributed by atoms with Crippen LogP contribution in [-0.4, -0.2) is 78.2 Å². The van der Waals surface area contributed by atoms with Gasteiger partial charge in [0.05, 0.1) is 37.5 Å². The summed E-state index contributed by atoms with van der Waals surface area (Å²) >= 11 is 0. The van der Waals surface area contributed by atoms with Gasteiger partial charge in [-0.3, -0.25) is 14.5 Å². The van der Waals surface area contributed by atoms with E-state index in [2.05, 4.69) is 25.7 Å². The molecule has 198 valence electrons. The zero-order chi connectivity index (χ0) is 26.7. The van der Waals surface area contributed by atoms with Crippen molar-refractivity contribution in [2.75, 3.05) is 46.5 Å². The molecule has 2 aliphatic rings. The van der Waals surface area contributed by atoms with Crippen molar-refractivity contribution < 1.29 is 29.3 Å². The van der Waals surface area contributed by atoms with Gasteiger partial charge in [-0.1, -0.05) is 45.0 Å². The first kappa shape index (κ1) is 26.7. The quantitative estimate of drug-likeness (QED) is 0.333. The summed E-state index contributed by atoms with van der Waals surface area (Å²) in [4.78, 5) is 30.4. The third kappa shape index (κ3) is 5.65. The summed E-state index contributed by atoms with van der Waals surface area (Å²) in [5.41, 5.74) is 1.83. The van der Waals surface area contributed by atoms with Crippen LogP contribution in [0.25, 0.3) is 5.76 Å². The number of rotatable bonds is 7. The monoisotopic (exact) mass is 508 g/mol. The van der Waals surface area contributed by atoms with Crippen LogP contribution in [0.15, 0.2) is 48.0 Å². The fraction of sp³-hybridized carbons (Fsp3) is 0.448. The minimum atomic E-state index is -0.764. The minimum Gasteiger partial charge on any atom is -0.507 e. The SMILES string of the molecule is COc1ccc(C(O)=C2C(=O)C(=O)N(CCCN3CCOCC3)C2c2ccc(C(C)(C)C)cc2)c(O)c1. The molecule has 8 nitrogen and oxygen atoms in total. The summed E-state index contributed by atoms with van der Waals surface area (Å²) < 4.78 is 10.5. The number of ketones is 1. The molecule has 0 radical (unpaired) electrons. The molecule has 37 heavy (non-hydrogen) atoms. The van der Waals surface area contributed by atoms with Crippen molar-refractivity contribution in [3.05, 3.63) is 64.7 Å². The van der Waals surface area contributed by atoms with Gasteiger partial charge in [0.25, 0.3) is 11.7 Å². The van der Waals surface area contributed by atoms with Gasteiger partial charge in [-0.25, -0.2) is 0 Å². The number of carbonyl (C=O) groups excluding carboxylic acids is 2. The molecule has 0 aliphatic carbocycles. The minimum absolute atomic E-state index is 0.0275. The van der Waals surface area contributed by atoms with Crippen molar-refractivity contribution in [1.29, 1.82) is 0 Å². The molecule has 0 spiro atoms. The number of aromatic hydroxyl groups is 1. The van der Waals surface area contributed by atoms with Crippen LogP contribution in [-0.2, 0) is 19.7 Å². The highest BCUT2D eigenvalue weighted by Crippen LogP contribution is 2.41. The number of likely N-dealkylation sites (tertiary alicyclic amines) is 1. The second-order valence-corrected chi connectivity index (χ2v) is 10.6. The van der Waals surface area contributed by atoms with Gasteiger partial charge in [0, 0.05) is 32.2 Å². The van der Waals surface area contributed by atoms with Crippen molar-refractivity contribution in [3.8, 4) is 11.5 Å². The molecule has 2 aromatic carbocycles. The Morgan fingerprint density at radius 1 is 1.05 bits per heavy atom. The predicted molar refractivity (Wildman–Crippen MR) is 141 cm³/mol. The van der Waals surface area contributed by atoms with E-state index in [0.717, 1.165) is 30.8 Å². The lowest BCUT2D eigenvalue weighted by atomic mass is 9.85. The van der Waals surface area contributed by atoms with E-state index in [1.54, 1.807) is 11.0 Å². The number of Topliss-reactive ketones (excluding diaryl/α,β-unsaturated/α-hetero) is 1. The molecule has 8 heteroatoms. The van der Waals surface area contributed by atoms with Crippen LogP contribution in [0, 0.1) is 0 Å². The molecule has 0 bridgehead atoms. The summed E-state index contributed by atoms with van der Waals surface area (Å²) in [6.45, 7) is 10.6. The molecule has 1 unspecified atom stereocenters. The number of benzene rings is 2. The van der Waals surface area contributed by atoms with Gasteiger partial charge in [0.15, 0.2) is 0 Å². The number of aliphatic hydroxyl groups is 1. The summed E-state index contributed by atoms with van der Waals surface area (Å²) in [6, 6.07) is 11.5. The number of carbonyl (C=O) groups is 2. The lowest BCUT2D eigenvalue weighted by Gasteiger charge is -2.29. The van der Waals surface area contributed by atoms with Crippen LogP contribution >= 0.6 is 0 Å². The fourth-order valence-corrected chi connectivity index (χ4v) is 4.90. The standard InChI is InChI=1S/C29H36N2O6/c1-29(2,3)20-8-6-19(7-9-20)25-24(26(33)22-11-10-21(36-4)18-23(22)32)27(34)28(35)31(25)13-5-12-30-14-16-37-17-15-30/h6-11,18,25,32-33H,5,12-17H2,1-4H3. The first-order chi connectivity index (χ1) is 17.6. The number of morpholine rings is 1. The van der Waals surface area contributed by atoms with E-state index in [1.807, 2.05) is 24.3 Å². The maximum Gasteiger partial charge on any atom is 0.295 e. The number of hydrogen-bond donors (Lipinski definition) is 2. The number of phenols is 1. The lowest BCUT2D eigenvalue weighted by molar-refractivity contribution is -0.140. The first-order valence-electron chi connectivity index (χ1n) is 12.7. The van der Waals surface area contributed by atoms with Crippen molar-refractivity contribution in [2.45, 2.75) is 38.6 Å². The summed E-state index contributed by atoms with van der Waals surface area (Å²) in [5, 5.41) is 21.8. The van der Waals surface area contributed by atoms with Gasteiger partial charge in [-0.15, -0.1) is 0 Å². The molecule has 2 saturated heterocycles. The maximum atomic E-state index is 13.3. The Bertz CT molecular complexity index is 1180.